The van der Waals surface area contributed by atoms with Crippen molar-refractivity contribution in [2.75, 3.05) is 19.9 Å². The second kappa shape index (κ2) is 6.86. The summed E-state index contributed by atoms with van der Waals surface area (Å²) in [5.41, 5.74) is 0. The molecule has 0 aromatic heterocycles. The minimum Gasteiger partial charge on any atom is -0.473 e. The Hall–Kier alpha value is -1.75. The second-order valence-electron chi connectivity index (χ2n) is 4.12. The number of urea groups is 1. The zero-order valence-electron chi connectivity index (χ0n) is 10.2. The van der Waals surface area contributed by atoms with E-state index in [-0.39, 0.29) is 18.9 Å². The van der Waals surface area contributed by atoms with Crippen molar-refractivity contribution >= 4 is 6.03 Å². The van der Waals surface area contributed by atoms with E-state index >= 15 is 0 Å². The van der Waals surface area contributed by atoms with Crippen LogP contribution in [0.1, 0.15) is 12.8 Å². The highest BCUT2D eigenvalue weighted by Crippen LogP contribution is 2.10. The Morgan fingerprint density at radius 1 is 1.33 bits per heavy atom. The molecule has 1 atom stereocenters. The number of ether oxygens (including phenoxy) is 2. The number of nitrogens with one attached hydrogen (secondary N) is 2. The van der Waals surface area contributed by atoms with Crippen LogP contribution in [0.3, 0.4) is 0 Å². The summed E-state index contributed by atoms with van der Waals surface area (Å²) in [6.07, 6.45) is 2.25. The molecule has 1 unspecified atom stereocenters. The van der Waals surface area contributed by atoms with Gasteiger partial charge in [-0.15, -0.1) is 0 Å². The van der Waals surface area contributed by atoms with Crippen molar-refractivity contribution in [1.82, 2.24) is 10.6 Å². The lowest BCUT2D eigenvalue weighted by Gasteiger charge is -2.12. The molecule has 1 aromatic rings. The van der Waals surface area contributed by atoms with E-state index in [4.69, 9.17) is 9.47 Å². The van der Waals surface area contributed by atoms with Crippen molar-refractivity contribution in [2.45, 2.75) is 18.9 Å². The number of rotatable bonds is 5. The third-order valence-electron chi connectivity index (χ3n) is 2.73. The molecule has 5 heteroatoms. The molecule has 0 bridgehead atoms. The summed E-state index contributed by atoms with van der Waals surface area (Å²) >= 11 is 0. The number of hydrogen-bond acceptors (Lipinski definition) is 3. The molecule has 18 heavy (non-hydrogen) atoms. The summed E-state index contributed by atoms with van der Waals surface area (Å²) in [5, 5.41) is 5.38. The summed E-state index contributed by atoms with van der Waals surface area (Å²) in [6, 6.07) is 9.12. The largest absolute Gasteiger partial charge is 0.473 e. The molecule has 98 valence electrons. The molecule has 1 aliphatic rings. The van der Waals surface area contributed by atoms with Gasteiger partial charge in [0.15, 0.2) is 6.73 Å². The summed E-state index contributed by atoms with van der Waals surface area (Å²) in [4.78, 5) is 11.4. The van der Waals surface area contributed by atoms with E-state index in [9.17, 15) is 4.79 Å². The average molecular weight is 250 g/mol. The average Bonchev–Trinajstić information content (AvgIpc) is 2.91. The molecule has 0 radical (unpaired) electrons. The van der Waals surface area contributed by atoms with Gasteiger partial charge in [-0.3, -0.25) is 0 Å². The van der Waals surface area contributed by atoms with Gasteiger partial charge in [-0.2, -0.15) is 0 Å². The number of carbonyl (C=O) groups excluding carboxylic acids is 1. The van der Waals surface area contributed by atoms with Crippen LogP contribution in [-0.2, 0) is 4.74 Å². The van der Waals surface area contributed by atoms with E-state index < -0.39 is 0 Å². The summed E-state index contributed by atoms with van der Waals surface area (Å²) in [6.45, 7) is 1.50. The lowest BCUT2D eigenvalue weighted by Crippen LogP contribution is -2.41. The zero-order chi connectivity index (χ0) is 12.6. The number of hydrogen-bond donors (Lipinski definition) is 2. The molecule has 1 aromatic carbocycles. The molecule has 0 spiro atoms. The fraction of sp³-hybridized carbons (Fsp3) is 0.462. The van der Waals surface area contributed by atoms with Crippen molar-refractivity contribution in [2.24, 2.45) is 0 Å². The first-order valence-electron chi connectivity index (χ1n) is 6.16. The maximum Gasteiger partial charge on any atom is 0.317 e. The molecule has 2 amide bonds. The van der Waals surface area contributed by atoms with Crippen LogP contribution in [0, 0.1) is 0 Å². The smallest absolute Gasteiger partial charge is 0.317 e. The third kappa shape index (κ3) is 4.25. The van der Waals surface area contributed by atoms with E-state index in [1.54, 1.807) is 0 Å². The Kier molecular flexibility index (Phi) is 4.84. The summed E-state index contributed by atoms with van der Waals surface area (Å²) < 4.78 is 10.7. The van der Waals surface area contributed by atoms with E-state index in [0.717, 1.165) is 25.2 Å². The minimum absolute atomic E-state index is 0.154. The Balaban J connectivity index is 1.57. The van der Waals surface area contributed by atoms with Gasteiger partial charge in [-0.25, -0.2) is 4.79 Å². The van der Waals surface area contributed by atoms with Crippen molar-refractivity contribution in [3.05, 3.63) is 30.3 Å². The highest BCUT2D eigenvalue weighted by atomic mass is 16.5. The van der Waals surface area contributed by atoms with E-state index in [0.29, 0.717) is 6.54 Å². The van der Waals surface area contributed by atoms with Crippen molar-refractivity contribution in [3.63, 3.8) is 0 Å². The molecule has 5 nitrogen and oxygen atoms in total. The maximum atomic E-state index is 11.4. The molecule has 1 fully saturated rings. The Morgan fingerprint density at radius 2 is 2.17 bits per heavy atom. The normalized spacial score (nSPS) is 18.3. The van der Waals surface area contributed by atoms with Crippen LogP contribution in [0.5, 0.6) is 5.75 Å². The number of benzene rings is 1. The molecule has 1 heterocycles. The van der Waals surface area contributed by atoms with Crippen molar-refractivity contribution in [1.29, 1.82) is 0 Å². The zero-order valence-corrected chi connectivity index (χ0v) is 10.2. The van der Waals surface area contributed by atoms with Crippen LogP contribution in [0.2, 0.25) is 0 Å². The fourth-order valence-corrected chi connectivity index (χ4v) is 1.78. The van der Waals surface area contributed by atoms with Gasteiger partial charge in [0.2, 0.25) is 0 Å². The minimum atomic E-state index is -0.235. The molecule has 0 aliphatic carbocycles. The van der Waals surface area contributed by atoms with Crippen molar-refractivity contribution in [3.8, 4) is 5.75 Å². The van der Waals surface area contributed by atoms with Crippen LogP contribution in [0.15, 0.2) is 30.3 Å². The van der Waals surface area contributed by atoms with Gasteiger partial charge in [0.1, 0.15) is 5.75 Å². The maximum absolute atomic E-state index is 11.4. The van der Waals surface area contributed by atoms with Crippen LogP contribution >= 0.6 is 0 Å². The number of para-hydroxylation sites is 1. The van der Waals surface area contributed by atoms with Crippen LogP contribution in [0.4, 0.5) is 4.79 Å². The van der Waals surface area contributed by atoms with Gasteiger partial charge >= 0.3 is 6.03 Å². The van der Waals surface area contributed by atoms with Gasteiger partial charge < -0.3 is 20.1 Å². The highest BCUT2D eigenvalue weighted by molar-refractivity contribution is 5.73. The standard InChI is InChI=1S/C13H18N2O3/c16-13(14-9-12-7-4-8-17-12)15-10-18-11-5-2-1-3-6-11/h1-3,5-6,12H,4,7-10H2,(H2,14,15,16). The fourth-order valence-electron chi connectivity index (χ4n) is 1.78. The SMILES string of the molecule is O=C(NCOc1ccccc1)NCC1CCCO1. The van der Waals surface area contributed by atoms with Crippen LogP contribution in [-0.4, -0.2) is 32.0 Å². The molecule has 1 aliphatic heterocycles. The van der Waals surface area contributed by atoms with E-state index in [1.807, 2.05) is 30.3 Å². The number of carbonyl (C=O) groups is 1. The first-order chi connectivity index (χ1) is 8.84. The van der Waals surface area contributed by atoms with Gasteiger partial charge in [-0.1, -0.05) is 18.2 Å². The molecule has 2 N–H and O–H groups in total. The van der Waals surface area contributed by atoms with Crippen LogP contribution < -0.4 is 15.4 Å². The van der Waals surface area contributed by atoms with Crippen LogP contribution in [0.25, 0.3) is 0 Å². The molecule has 0 saturated carbocycles. The van der Waals surface area contributed by atoms with E-state index in [1.165, 1.54) is 0 Å². The third-order valence-corrected chi connectivity index (χ3v) is 2.73. The summed E-state index contributed by atoms with van der Waals surface area (Å²) in [5.74, 6) is 0.733. The lowest BCUT2D eigenvalue weighted by molar-refractivity contribution is 0.111. The molecular formula is C13H18N2O3. The second-order valence-corrected chi connectivity index (χ2v) is 4.12. The first-order valence-corrected chi connectivity index (χ1v) is 6.16. The highest BCUT2D eigenvalue weighted by Gasteiger charge is 2.15. The van der Waals surface area contributed by atoms with Gasteiger partial charge in [-0.05, 0) is 25.0 Å². The quantitative estimate of drug-likeness (QED) is 0.779. The van der Waals surface area contributed by atoms with E-state index in [2.05, 4.69) is 10.6 Å². The molecule has 1 saturated heterocycles. The Labute approximate surface area is 106 Å². The summed E-state index contributed by atoms with van der Waals surface area (Å²) in [7, 11) is 0. The number of amides is 2. The molecule has 2 rings (SSSR count). The van der Waals surface area contributed by atoms with Gasteiger partial charge in [0.25, 0.3) is 0 Å². The lowest BCUT2D eigenvalue weighted by atomic mass is 10.2. The molecular weight excluding hydrogens is 232 g/mol. The van der Waals surface area contributed by atoms with Crippen molar-refractivity contribution < 1.29 is 14.3 Å². The Morgan fingerprint density at radius 3 is 2.89 bits per heavy atom. The predicted molar refractivity (Wildman–Crippen MR) is 67.4 cm³/mol. The first kappa shape index (κ1) is 12.7. The topological polar surface area (TPSA) is 59.6 Å². The van der Waals surface area contributed by atoms with Gasteiger partial charge in [0.05, 0.1) is 6.10 Å². The monoisotopic (exact) mass is 250 g/mol. The van der Waals surface area contributed by atoms with Gasteiger partial charge in [0, 0.05) is 13.2 Å². The predicted octanol–water partition coefficient (Wildman–Crippen LogP) is 1.50. The Bertz CT molecular complexity index is 364.